The van der Waals surface area contributed by atoms with Gasteiger partial charge in [0.1, 0.15) is 11.1 Å². The molecule has 0 spiro atoms. The Morgan fingerprint density at radius 3 is 2.74 bits per heavy atom. The second-order valence-corrected chi connectivity index (χ2v) is 10.2. The van der Waals surface area contributed by atoms with E-state index in [0.29, 0.717) is 36.1 Å². The Morgan fingerprint density at radius 1 is 1.17 bits per heavy atom. The molecule has 180 valence electrons. The molecular formula is C27H26ClN3O3S. The minimum atomic E-state index is -0.132. The van der Waals surface area contributed by atoms with Crippen molar-refractivity contribution < 1.29 is 14.3 Å². The number of hydrogen-bond acceptors (Lipinski definition) is 5. The third kappa shape index (κ3) is 5.41. The Hall–Kier alpha value is -3.16. The zero-order valence-corrected chi connectivity index (χ0v) is 20.7. The molecule has 2 heterocycles. The summed E-state index contributed by atoms with van der Waals surface area (Å²) >= 11 is 7.98. The number of thiazole rings is 1. The maximum absolute atomic E-state index is 13.2. The minimum Gasteiger partial charge on any atom is -0.465 e. The molecule has 4 aromatic rings. The molecule has 1 aliphatic rings. The van der Waals surface area contributed by atoms with Crippen LogP contribution in [0, 0.1) is 5.92 Å². The molecule has 0 bridgehead atoms. The van der Waals surface area contributed by atoms with E-state index in [2.05, 4.69) is 27.4 Å². The first-order chi connectivity index (χ1) is 17.1. The van der Waals surface area contributed by atoms with E-state index in [4.69, 9.17) is 21.3 Å². The molecular weight excluding hydrogens is 482 g/mol. The number of nitrogens with zero attached hydrogens (tertiary/aromatic N) is 2. The third-order valence-electron chi connectivity index (χ3n) is 6.57. The van der Waals surface area contributed by atoms with Crippen LogP contribution in [-0.2, 0) is 16.1 Å². The van der Waals surface area contributed by atoms with Crippen LogP contribution in [0.4, 0.5) is 0 Å². The molecule has 1 fully saturated rings. The van der Waals surface area contributed by atoms with Gasteiger partial charge in [-0.1, -0.05) is 41.9 Å². The number of hydrogen-bond donors (Lipinski definition) is 1. The first kappa shape index (κ1) is 23.6. The summed E-state index contributed by atoms with van der Waals surface area (Å²) in [6, 6.07) is 15.7. The highest BCUT2D eigenvalue weighted by atomic mass is 35.5. The summed E-state index contributed by atoms with van der Waals surface area (Å²) < 4.78 is 7.14. The molecule has 0 aliphatic heterocycles. The quantitative estimate of drug-likeness (QED) is 0.300. The van der Waals surface area contributed by atoms with E-state index in [0.717, 1.165) is 52.9 Å². The fraction of sp³-hybridized carbons (Fsp3) is 0.296. The number of amides is 1. The summed E-state index contributed by atoms with van der Waals surface area (Å²) in [5.41, 5.74) is 3.46. The molecule has 1 aliphatic carbocycles. The van der Waals surface area contributed by atoms with Crippen molar-refractivity contribution >= 4 is 46.2 Å². The molecule has 8 heteroatoms. The van der Waals surface area contributed by atoms with Crippen molar-refractivity contribution in [3.05, 3.63) is 76.4 Å². The number of nitrogens with one attached hydrogen (secondary N) is 1. The SMILES string of the molecule is O=COC1CCC(CNC(=O)c2cc(Cl)cc3ccn(Cc4csc(-c5ccccc5)n4)c23)CC1. The zero-order valence-electron chi connectivity index (χ0n) is 19.2. The van der Waals surface area contributed by atoms with Crippen molar-refractivity contribution in [2.24, 2.45) is 5.92 Å². The molecule has 1 N–H and O–H groups in total. The van der Waals surface area contributed by atoms with E-state index < -0.39 is 0 Å². The first-order valence-electron chi connectivity index (χ1n) is 11.8. The van der Waals surface area contributed by atoms with Gasteiger partial charge < -0.3 is 14.6 Å². The van der Waals surface area contributed by atoms with Gasteiger partial charge in [0, 0.05) is 34.1 Å². The second-order valence-electron chi connectivity index (χ2n) is 8.93. The molecule has 0 unspecified atom stereocenters. The average molecular weight is 508 g/mol. The Morgan fingerprint density at radius 2 is 1.97 bits per heavy atom. The van der Waals surface area contributed by atoms with Gasteiger partial charge in [-0.2, -0.15) is 0 Å². The fourth-order valence-electron chi connectivity index (χ4n) is 4.77. The van der Waals surface area contributed by atoms with Crippen LogP contribution in [0.25, 0.3) is 21.5 Å². The van der Waals surface area contributed by atoms with Gasteiger partial charge in [0.05, 0.1) is 23.3 Å². The van der Waals surface area contributed by atoms with Gasteiger partial charge in [0.2, 0.25) is 0 Å². The summed E-state index contributed by atoms with van der Waals surface area (Å²) in [6.45, 7) is 1.68. The number of fused-ring (bicyclic) bond motifs is 1. The number of benzene rings is 2. The van der Waals surface area contributed by atoms with E-state index in [1.54, 1.807) is 17.4 Å². The van der Waals surface area contributed by atoms with Crippen molar-refractivity contribution in [3.63, 3.8) is 0 Å². The third-order valence-corrected chi connectivity index (χ3v) is 7.73. The Labute approximate surface area is 212 Å². The van der Waals surface area contributed by atoms with Crippen molar-refractivity contribution in [2.45, 2.75) is 38.3 Å². The minimum absolute atomic E-state index is 0.00315. The highest BCUT2D eigenvalue weighted by molar-refractivity contribution is 7.13. The number of carbonyl (C=O) groups excluding carboxylic acids is 2. The monoisotopic (exact) mass is 507 g/mol. The maximum atomic E-state index is 13.2. The lowest BCUT2D eigenvalue weighted by Crippen LogP contribution is -2.33. The van der Waals surface area contributed by atoms with Crippen LogP contribution in [0.5, 0.6) is 0 Å². The van der Waals surface area contributed by atoms with E-state index in [1.807, 2.05) is 36.5 Å². The van der Waals surface area contributed by atoms with E-state index in [-0.39, 0.29) is 12.0 Å². The highest BCUT2D eigenvalue weighted by Gasteiger charge is 2.23. The topological polar surface area (TPSA) is 73.2 Å². The number of carbonyl (C=O) groups is 2. The van der Waals surface area contributed by atoms with Crippen molar-refractivity contribution in [2.75, 3.05) is 6.54 Å². The molecule has 35 heavy (non-hydrogen) atoms. The van der Waals surface area contributed by atoms with Crippen LogP contribution < -0.4 is 5.32 Å². The predicted octanol–water partition coefficient (Wildman–Crippen LogP) is 5.93. The van der Waals surface area contributed by atoms with Crippen molar-refractivity contribution in [1.29, 1.82) is 0 Å². The number of ether oxygens (including phenoxy) is 1. The van der Waals surface area contributed by atoms with Gasteiger partial charge in [-0.3, -0.25) is 9.59 Å². The summed E-state index contributed by atoms with van der Waals surface area (Å²) in [4.78, 5) is 28.6. The molecule has 6 nitrogen and oxygen atoms in total. The molecule has 5 rings (SSSR count). The first-order valence-corrected chi connectivity index (χ1v) is 13.0. The lowest BCUT2D eigenvalue weighted by Gasteiger charge is -2.27. The van der Waals surface area contributed by atoms with E-state index in [1.165, 1.54) is 0 Å². The number of aromatic nitrogens is 2. The maximum Gasteiger partial charge on any atom is 0.293 e. The summed E-state index contributed by atoms with van der Waals surface area (Å²) in [5, 5.41) is 7.61. The van der Waals surface area contributed by atoms with Crippen LogP contribution in [0.3, 0.4) is 0 Å². The second kappa shape index (κ2) is 10.6. The summed E-state index contributed by atoms with van der Waals surface area (Å²) in [6.07, 6.45) is 5.50. The van der Waals surface area contributed by atoms with Gasteiger partial charge in [-0.15, -0.1) is 11.3 Å². The molecule has 1 saturated carbocycles. The number of halogens is 1. The van der Waals surface area contributed by atoms with E-state index in [9.17, 15) is 9.59 Å². The zero-order chi connectivity index (χ0) is 24.2. The van der Waals surface area contributed by atoms with Gasteiger partial charge in [0.15, 0.2) is 0 Å². The average Bonchev–Trinajstić information content (AvgIpc) is 3.51. The van der Waals surface area contributed by atoms with Crippen molar-refractivity contribution in [1.82, 2.24) is 14.9 Å². The molecule has 0 atom stereocenters. The predicted molar refractivity (Wildman–Crippen MR) is 139 cm³/mol. The largest absolute Gasteiger partial charge is 0.465 e. The van der Waals surface area contributed by atoms with E-state index >= 15 is 0 Å². The molecule has 1 amide bonds. The van der Waals surface area contributed by atoms with Crippen LogP contribution in [0.1, 0.15) is 41.7 Å². The van der Waals surface area contributed by atoms with Gasteiger partial charge in [0.25, 0.3) is 12.4 Å². The molecule has 0 saturated heterocycles. The Bertz CT molecular complexity index is 1330. The Balaban J connectivity index is 1.32. The van der Waals surface area contributed by atoms with Crippen molar-refractivity contribution in [3.8, 4) is 10.6 Å². The van der Waals surface area contributed by atoms with Gasteiger partial charge in [-0.05, 0) is 49.8 Å². The Kier molecular flexibility index (Phi) is 7.16. The standard InChI is InChI=1S/C27H26ClN3O3S/c28-21-12-20-10-11-31(15-22-16-35-27(30-22)19-4-2-1-3-5-19)25(20)24(13-21)26(33)29-14-18-6-8-23(9-7-18)34-17-32/h1-5,10-13,16-18,23H,6-9,14-15H2,(H,29,33). The van der Waals surface area contributed by atoms with Crippen LogP contribution in [0.15, 0.2) is 60.1 Å². The lowest BCUT2D eigenvalue weighted by molar-refractivity contribution is -0.135. The molecule has 0 radical (unpaired) electrons. The van der Waals surface area contributed by atoms with Gasteiger partial charge >= 0.3 is 0 Å². The van der Waals surface area contributed by atoms with Gasteiger partial charge in [-0.25, -0.2) is 4.98 Å². The van der Waals surface area contributed by atoms with Crippen LogP contribution >= 0.6 is 22.9 Å². The summed E-state index contributed by atoms with van der Waals surface area (Å²) in [5.74, 6) is 0.241. The smallest absolute Gasteiger partial charge is 0.293 e. The highest BCUT2D eigenvalue weighted by Crippen LogP contribution is 2.29. The normalized spacial score (nSPS) is 17.9. The number of rotatable bonds is 8. The lowest BCUT2D eigenvalue weighted by atomic mass is 9.87. The molecule has 2 aromatic carbocycles. The molecule has 2 aromatic heterocycles. The van der Waals surface area contributed by atoms with Crippen LogP contribution in [0.2, 0.25) is 5.02 Å². The summed E-state index contributed by atoms with van der Waals surface area (Å²) in [7, 11) is 0. The van der Waals surface area contributed by atoms with Crippen LogP contribution in [-0.4, -0.2) is 34.6 Å². The fourth-order valence-corrected chi connectivity index (χ4v) is 5.81.